The minimum atomic E-state index is -0.429. The van der Waals surface area contributed by atoms with Gasteiger partial charge in [0.1, 0.15) is 0 Å². The summed E-state index contributed by atoms with van der Waals surface area (Å²) in [6.45, 7) is 1.84. The number of ether oxygens (including phenoxy) is 1. The molecule has 0 saturated heterocycles. The van der Waals surface area contributed by atoms with E-state index in [1.165, 1.54) is 0 Å². The van der Waals surface area contributed by atoms with Crippen LogP contribution in [0.2, 0.25) is 5.02 Å². The van der Waals surface area contributed by atoms with Crippen LogP contribution in [0.15, 0.2) is 65.3 Å². The highest BCUT2D eigenvalue weighted by Crippen LogP contribution is 2.26. The molecule has 2 aromatic carbocycles. The van der Waals surface area contributed by atoms with Crippen molar-refractivity contribution in [2.24, 2.45) is 4.99 Å². The molecule has 0 N–H and O–H groups in total. The second kappa shape index (κ2) is 5.54. The predicted octanol–water partition coefficient (Wildman–Crippen LogP) is 4.07. The fourth-order valence-electron chi connectivity index (χ4n) is 2.08. The van der Waals surface area contributed by atoms with Gasteiger partial charge in [-0.15, -0.1) is 0 Å². The summed E-state index contributed by atoms with van der Waals surface area (Å²) < 4.78 is 5.25. The Bertz CT molecular complexity index is 746. The molecule has 0 spiro atoms. The summed E-state index contributed by atoms with van der Waals surface area (Å²) in [7, 11) is 0. The lowest BCUT2D eigenvalue weighted by Gasteiger charge is -2.02. The molecule has 0 radical (unpaired) electrons. The Hall–Kier alpha value is -2.39. The van der Waals surface area contributed by atoms with Gasteiger partial charge in [-0.05, 0) is 42.3 Å². The van der Waals surface area contributed by atoms with Gasteiger partial charge in [-0.1, -0.05) is 41.9 Å². The van der Waals surface area contributed by atoms with E-state index in [2.05, 4.69) is 4.99 Å². The number of aliphatic imine (C=N–C) groups is 1. The van der Waals surface area contributed by atoms with E-state index < -0.39 is 5.97 Å². The van der Waals surface area contributed by atoms with Crippen molar-refractivity contribution in [1.82, 2.24) is 0 Å². The van der Waals surface area contributed by atoms with Gasteiger partial charge in [0.25, 0.3) is 0 Å². The highest BCUT2D eigenvalue weighted by molar-refractivity contribution is 6.30. The highest BCUT2D eigenvalue weighted by Gasteiger charge is 2.26. The van der Waals surface area contributed by atoms with E-state index in [1.807, 2.05) is 49.4 Å². The molecule has 3 rings (SSSR count). The minimum Gasteiger partial charge on any atom is -0.402 e. The Kier molecular flexibility index (Phi) is 3.59. The molecule has 2 aromatic rings. The number of hydrogen-bond acceptors (Lipinski definition) is 3. The van der Waals surface area contributed by atoms with Crippen molar-refractivity contribution in [1.29, 1.82) is 0 Å². The van der Waals surface area contributed by atoms with E-state index in [4.69, 9.17) is 16.3 Å². The first-order valence-corrected chi connectivity index (χ1v) is 6.86. The van der Waals surface area contributed by atoms with Gasteiger partial charge in [0.15, 0.2) is 5.70 Å². The molecule has 0 saturated carbocycles. The van der Waals surface area contributed by atoms with Crippen LogP contribution in [0.3, 0.4) is 0 Å². The Labute approximate surface area is 127 Å². The van der Waals surface area contributed by atoms with Crippen LogP contribution in [0.1, 0.15) is 18.1 Å². The van der Waals surface area contributed by atoms with Crippen molar-refractivity contribution in [3.63, 3.8) is 0 Å². The van der Waals surface area contributed by atoms with Gasteiger partial charge in [-0.2, -0.15) is 0 Å². The fourth-order valence-corrected chi connectivity index (χ4v) is 2.21. The maximum Gasteiger partial charge on any atom is 0.364 e. The molecule has 0 bridgehead atoms. The number of hydrogen-bond donors (Lipinski definition) is 0. The van der Waals surface area contributed by atoms with Gasteiger partial charge < -0.3 is 4.74 Å². The quantitative estimate of drug-likeness (QED) is 0.619. The summed E-state index contributed by atoms with van der Waals surface area (Å²) >= 11 is 5.87. The standard InChI is InChI=1S/C17H12ClNO2/c1-11(12-7-9-14(18)10-8-12)15-17(20)21-16(19-15)13-5-3-2-4-6-13/h2-10H,1H3/b15-11-. The summed E-state index contributed by atoms with van der Waals surface area (Å²) in [6, 6.07) is 16.6. The van der Waals surface area contributed by atoms with E-state index in [9.17, 15) is 4.79 Å². The predicted molar refractivity (Wildman–Crippen MR) is 83.1 cm³/mol. The van der Waals surface area contributed by atoms with Crippen molar-refractivity contribution in [2.45, 2.75) is 6.92 Å². The largest absolute Gasteiger partial charge is 0.402 e. The van der Waals surface area contributed by atoms with Crippen LogP contribution >= 0.6 is 11.6 Å². The molecule has 0 atom stereocenters. The average Bonchev–Trinajstić information content (AvgIpc) is 2.90. The molecule has 1 heterocycles. The van der Waals surface area contributed by atoms with Gasteiger partial charge in [0.05, 0.1) is 0 Å². The van der Waals surface area contributed by atoms with Crippen LogP contribution in [-0.4, -0.2) is 11.9 Å². The number of benzene rings is 2. The first-order valence-electron chi connectivity index (χ1n) is 6.48. The molecule has 21 heavy (non-hydrogen) atoms. The Morgan fingerprint density at radius 1 is 1.05 bits per heavy atom. The molecule has 0 fully saturated rings. The van der Waals surface area contributed by atoms with Crippen molar-refractivity contribution >= 4 is 29.0 Å². The highest BCUT2D eigenvalue weighted by atomic mass is 35.5. The number of esters is 1. The number of carbonyl (C=O) groups excluding carboxylic acids is 1. The molecule has 0 aromatic heterocycles. The third kappa shape index (κ3) is 2.73. The lowest BCUT2D eigenvalue weighted by atomic mass is 10.1. The average molecular weight is 298 g/mol. The molecule has 4 heteroatoms. The molecule has 1 aliphatic rings. The zero-order valence-electron chi connectivity index (χ0n) is 11.3. The summed E-state index contributed by atoms with van der Waals surface area (Å²) in [6.07, 6.45) is 0. The van der Waals surface area contributed by atoms with Crippen LogP contribution < -0.4 is 0 Å². The normalized spacial score (nSPS) is 16.5. The number of nitrogens with zero attached hydrogens (tertiary/aromatic N) is 1. The summed E-state index contributed by atoms with van der Waals surface area (Å²) in [5.74, 6) is -0.0924. The van der Waals surface area contributed by atoms with Gasteiger partial charge in [0.2, 0.25) is 5.90 Å². The lowest BCUT2D eigenvalue weighted by molar-refractivity contribution is -0.129. The smallest absolute Gasteiger partial charge is 0.364 e. The summed E-state index contributed by atoms with van der Waals surface area (Å²) in [5.41, 5.74) is 2.77. The third-order valence-corrected chi connectivity index (χ3v) is 3.50. The van der Waals surface area contributed by atoms with Crippen molar-refractivity contribution in [3.8, 4) is 0 Å². The molecule has 0 amide bonds. The zero-order chi connectivity index (χ0) is 14.8. The molecular weight excluding hydrogens is 286 g/mol. The topological polar surface area (TPSA) is 38.7 Å². The number of allylic oxidation sites excluding steroid dienone is 1. The Morgan fingerprint density at radius 2 is 1.71 bits per heavy atom. The Morgan fingerprint density at radius 3 is 2.38 bits per heavy atom. The van der Waals surface area contributed by atoms with E-state index >= 15 is 0 Å². The molecule has 104 valence electrons. The zero-order valence-corrected chi connectivity index (χ0v) is 12.1. The third-order valence-electron chi connectivity index (χ3n) is 3.25. The van der Waals surface area contributed by atoms with Gasteiger partial charge in [0, 0.05) is 10.6 Å². The lowest BCUT2D eigenvalue weighted by Crippen LogP contribution is -2.05. The number of cyclic esters (lactones) is 1. The molecular formula is C17H12ClNO2. The second-order valence-corrected chi connectivity index (χ2v) is 5.09. The van der Waals surface area contributed by atoms with E-state index in [0.29, 0.717) is 16.6 Å². The number of carbonyl (C=O) groups is 1. The van der Waals surface area contributed by atoms with Crippen LogP contribution in [0.25, 0.3) is 5.57 Å². The van der Waals surface area contributed by atoms with Crippen molar-refractivity contribution < 1.29 is 9.53 Å². The van der Waals surface area contributed by atoms with Crippen molar-refractivity contribution in [2.75, 3.05) is 0 Å². The van der Waals surface area contributed by atoms with Gasteiger partial charge in [-0.25, -0.2) is 9.79 Å². The van der Waals surface area contributed by atoms with Crippen LogP contribution in [-0.2, 0) is 9.53 Å². The second-order valence-electron chi connectivity index (χ2n) is 4.65. The van der Waals surface area contributed by atoms with Crippen LogP contribution in [0.4, 0.5) is 0 Å². The number of rotatable bonds is 2. The van der Waals surface area contributed by atoms with E-state index in [-0.39, 0.29) is 0 Å². The van der Waals surface area contributed by atoms with Crippen LogP contribution in [0, 0.1) is 0 Å². The first kappa shape index (κ1) is 13.6. The van der Waals surface area contributed by atoms with Crippen LogP contribution in [0.5, 0.6) is 0 Å². The molecule has 0 aliphatic carbocycles. The van der Waals surface area contributed by atoms with Crippen molar-refractivity contribution in [3.05, 3.63) is 76.4 Å². The fraction of sp³-hybridized carbons (Fsp3) is 0.0588. The first-order chi connectivity index (χ1) is 10.1. The SMILES string of the molecule is C/C(=C1/N=C(c2ccccc2)OC1=O)c1ccc(Cl)cc1. The van der Waals surface area contributed by atoms with Gasteiger partial charge >= 0.3 is 5.97 Å². The molecule has 1 aliphatic heterocycles. The van der Waals surface area contributed by atoms with E-state index in [0.717, 1.165) is 16.7 Å². The number of halogens is 1. The minimum absolute atomic E-state index is 0.330. The summed E-state index contributed by atoms with van der Waals surface area (Å²) in [4.78, 5) is 16.3. The maximum absolute atomic E-state index is 12.0. The summed E-state index contributed by atoms with van der Waals surface area (Å²) in [5, 5.41) is 0.652. The van der Waals surface area contributed by atoms with Gasteiger partial charge in [-0.3, -0.25) is 0 Å². The maximum atomic E-state index is 12.0. The molecule has 0 unspecified atom stereocenters. The Balaban J connectivity index is 2.01. The molecule has 3 nitrogen and oxygen atoms in total. The van der Waals surface area contributed by atoms with E-state index in [1.54, 1.807) is 12.1 Å². The monoisotopic (exact) mass is 297 g/mol.